The average Bonchev–Trinajstić information content (AvgIpc) is 3.20. The van der Waals surface area contributed by atoms with E-state index in [4.69, 9.17) is 9.15 Å². The van der Waals surface area contributed by atoms with Crippen LogP contribution in [0.5, 0.6) is 0 Å². The molecule has 1 amide bonds. The van der Waals surface area contributed by atoms with Gasteiger partial charge < -0.3 is 14.1 Å². The molecule has 1 aromatic heterocycles. The van der Waals surface area contributed by atoms with Crippen LogP contribution in [-0.2, 0) is 16.1 Å². The molecule has 1 aromatic carbocycles. The fourth-order valence-corrected chi connectivity index (χ4v) is 3.13. The van der Waals surface area contributed by atoms with Gasteiger partial charge in [0, 0.05) is 5.70 Å². The third kappa shape index (κ3) is 4.88. The van der Waals surface area contributed by atoms with Gasteiger partial charge in [-0.05, 0) is 74.9 Å². The lowest BCUT2D eigenvalue weighted by molar-refractivity contribution is -0.133. The Kier molecular flexibility index (Phi) is 6.12. The van der Waals surface area contributed by atoms with Gasteiger partial charge in [-0.3, -0.25) is 4.79 Å². The standard InChI is InChI=1S/C22H25NO4/c1-16-10-11-18(13-17(16)2)22(25)27-15-21(24)23(14-20-9-6-12-26-20)19-7-4-3-5-8-19/h6-7,9-13H,3-5,8,14-15H2,1-2H3. The van der Waals surface area contributed by atoms with Gasteiger partial charge in [0.05, 0.1) is 18.4 Å². The van der Waals surface area contributed by atoms with Crippen molar-refractivity contribution in [1.29, 1.82) is 0 Å². The van der Waals surface area contributed by atoms with Crippen molar-refractivity contribution >= 4 is 11.9 Å². The van der Waals surface area contributed by atoms with Crippen LogP contribution in [0.25, 0.3) is 0 Å². The Morgan fingerprint density at radius 2 is 2.00 bits per heavy atom. The van der Waals surface area contributed by atoms with Crippen LogP contribution in [0.4, 0.5) is 0 Å². The first-order valence-corrected chi connectivity index (χ1v) is 9.31. The Bertz CT molecular complexity index is 836. The second-order valence-corrected chi connectivity index (χ2v) is 6.88. The number of nitrogens with zero attached hydrogens (tertiary/aromatic N) is 1. The van der Waals surface area contributed by atoms with Crippen molar-refractivity contribution in [2.24, 2.45) is 0 Å². The maximum atomic E-state index is 12.8. The summed E-state index contributed by atoms with van der Waals surface area (Å²) >= 11 is 0. The van der Waals surface area contributed by atoms with Crippen molar-refractivity contribution < 1.29 is 18.7 Å². The maximum absolute atomic E-state index is 12.8. The lowest BCUT2D eigenvalue weighted by Gasteiger charge is -2.27. The molecule has 0 fully saturated rings. The Morgan fingerprint density at radius 3 is 2.67 bits per heavy atom. The number of carbonyl (C=O) groups is 2. The van der Waals surface area contributed by atoms with Gasteiger partial charge in [-0.2, -0.15) is 0 Å². The molecule has 0 N–H and O–H groups in total. The average molecular weight is 367 g/mol. The molecule has 3 rings (SSSR count). The van der Waals surface area contributed by atoms with E-state index in [-0.39, 0.29) is 12.5 Å². The van der Waals surface area contributed by atoms with Crippen molar-refractivity contribution in [2.75, 3.05) is 6.61 Å². The highest BCUT2D eigenvalue weighted by atomic mass is 16.5. The van der Waals surface area contributed by atoms with Crippen LogP contribution < -0.4 is 0 Å². The predicted octanol–water partition coefficient (Wildman–Crippen LogP) is 4.54. The molecule has 5 nitrogen and oxygen atoms in total. The summed E-state index contributed by atoms with van der Waals surface area (Å²) in [4.78, 5) is 26.8. The number of ether oxygens (including phenoxy) is 1. The molecule has 5 heteroatoms. The minimum absolute atomic E-state index is 0.239. The zero-order valence-electron chi connectivity index (χ0n) is 15.9. The highest BCUT2D eigenvalue weighted by Crippen LogP contribution is 2.23. The first kappa shape index (κ1) is 19.0. The lowest BCUT2D eigenvalue weighted by Crippen LogP contribution is -2.34. The van der Waals surface area contributed by atoms with Crippen LogP contribution in [0.3, 0.4) is 0 Å². The van der Waals surface area contributed by atoms with Crippen molar-refractivity contribution in [3.05, 3.63) is 70.8 Å². The van der Waals surface area contributed by atoms with E-state index in [9.17, 15) is 9.59 Å². The van der Waals surface area contributed by atoms with Gasteiger partial charge in [-0.1, -0.05) is 12.1 Å². The van der Waals surface area contributed by atoms with Gasteiger partial charge in [-0.25, -0.2) is 4.79 Å². The molecule has 0 radical (unpaired) electrons. The highest BCUT2D eigenvalue weighted by molar-refractivity contribution is 5.91. The Labute approximate surface area is 159 Å². The zero-order valence-corrected chi connectivity index (χ0v) is 15.9. The maximum Gasteiger partial charge on any atom is 0.338 e. The monoisotopic (exact) mass is 367 g/mol. The molecule has 1 aliphatic rings. The topological polar surface area (TPSA) is 59.8 Å². The molecule has 1 aliphatic carbocycles. The summed E-state index contributed by atoms with van der Waals surface area (Å²) in [5, 5.41) is 0. The first-order valence-electron chi connectivity index (χ1n) is 9.31. The second-order valence-electron chi connectivity index (χ2n) is 6.88. The molecule has 0 spiro atoms. The number of hydrogen-bond acceptors (Lipinski definition) is 4. The van der Waals surface area contributed by atoms with Crippen LogP contribution in [0, 0.1) is 13.8 Å². The number of allylic oxidation sites excluding steroid dienone is 2. The van der Waals surface area contributed by atoms with Gasteiger partial charge in [0.2, 0.25) is 0 Å². The molecule has 27 heavy (non-hydrogen) atoms. The molecule has 0 bridgehead atoms. The predicted molar refractivity (Wildman–Crippen MR) is 102 cm³/mol. The summed E-state index contributed by atoms with van der Waals surface area (Å²) < 4.78 is 10.7. The molecule has 0 unspecified atom stereocenters. The normalized spacial score (nSPS) is 13.8. The SMILES string of the molecule is Cc1ccc(C(=O)OCC(=O)N(Cc2ccco2)C2=CCCCC2)cc1C. The minimum atomic E-state index is -0.484. The zero-order chi connectivity index (χ0) is 19.2. The van der Waals surface area contributed by atoms with Crippen LogP contribution >= 0.6 is 0 Å². The van der Waals surface area contributed by atoms with Crippen molar-refractivity contribution in [2.45, 2.75) is 46.1 Å². The van der Waals surface area contributed by atoms with Crippen molar-refractivity contribution in [1.82, 2.24) is 4.90 Å². The van der Waals surface area contributed by atoms with Gasteiger partial charge in [0.1, 0.15) is 5.76 Å². The van der Waals surface area contributed by atoms with Crippen LogP contribution in [0.2, 0.25) is 0 Å². The van der Waals surface area contributed by atoms with Crippen molar-refractivity contribution in [3.8, 4) is 0 Å². The van der Waals surface area contributed by atoms with E-state index >= 15 is 0 Å². The van der Waals surface area contributed by atoms with E-state index in [0.29, 0.717) is 17.9 Å². The molecule has 1 heterocycles. The molecule has 0 atom stereocenters. The minimum Gasteiger partial charge on any atom is -0.467 e. The van der Waals surface area contributed by atoms with Gasteiger partial charge in [0.15, 0.2) is 6.61 Å². The highest BCUT2D eigenvalue weighted by Gasteiger charge is 2.22. The number of aryl methyl sites for hydroxylation is 2. The summed E-state index contributed by atoms with van der Waals surface area (Å²) in [7, 11) is 0. The van der Waals surface area contributed by atoms with Gasteiger partial charge in [0.25, 0.3) is 5.91 Å². The Morgan fingerprint density at radius 1 is 1.15 bits per heavy atom. The van der Waals surface area contributed by atoms with E-state index in [2.05, 4.69) is 6.08 Å². The number of hydrogen-bond donors (Lipinski definition) is 0. The van der Waals surface area contributed by atoms with E-state index < -0.39 is 5.97 Å². The van der Waals surface area contributed by atoms with Gasteiger partial charge in [-0.15, -0.1) is 0 Å². The van der Waals surface area contributed by atoms with Gasteiger partial charge >= 0.3 is 5.97 Å². The van der Waals surface area contributed by atoms with E-state index in [1.54, 1.807) is 29.4 Å². The third-order valence-electron chi connectivity index (χ3n) is 4.88. The molecule has 2 aromatic rings. The number of carbonyl (C=O) groups excluding carboxylic acids is 2. The Hall–Kier alpha value is -2.82. The summed E-state index contributed by atoms with van der Waals surface area (Å²) in [5.41, 5.74) is 3.56. The van der Waals surface area contributed by atoms with Crippen LogP contribution in [-0.4, -0.2) is 23.4 Å². The quantitative estimate of drug-likeness (QED) is 0.703. The fraction of sp³-hybridized carbons (Fsp3) is 0.364. The summed E-state index contributed by atoms with van der Waals surface area (Å²) in [5.74, 6) is -0.0194. The number of esters is 1. The molecule has 0 aliphatic heterocycles. The molecular formula is C22H25NO4. The second kappa shape index (κ2) is 8.71. The third-order valence-corrected chi connectivity index (χ3v) is 4.88. The molecule has 0 saturated carbocycles. The summed E-state index contributed by atoms with van der Waals surface area (Å²) in [6.45, 7) is 3.99. The largest absolute Gasteiger partial charge is 0.467 e. The van der Waals surface area contributed by atoms with Crippen LogP contribution in [0.15, 0.2) is 52.8 Å². The number of furan rings is 1. The number of rotatable bonds is 6. The van der Waals surface area contributed by atoms with E-state index in [1.807, 2.05) is 26.0 Å². The van der Waals surface area contributed by atoms with Crippen LogP contribution in [0.1, 0.15) is 52.9 Å². The van der Waals surface area contributed by atoms with E-state index in [0.717, 1.165) is 42.5 Å². The molecular weight excluding hydrogens is 342 g/mol. The lowest BCUT2D eigenvalue weighted by atomic mass is 10.0. The molecule has 142 valence electrons. The van der Waals surface area contributed by atoms with E-state index in [1.165, 1.54) is 0 Å². The smallest absolute Gasteiger partial charge is 0.338 e. The first-order chi connectivity index (χ1) is 13.0. The van der Waals surface area contributed by atoms with Crippen molar-refractivity contribution in [3.63, 3.8) is 0 Å². The molecule has 0 saturated heterocycles. The Balaban J connectivity index is 1.67. The fourth-order valence-electron chi connectivity index (χ4n) is 3.13. The summed E-state index contributed by atoms with van der Waals surface area (Å²) in [6.07, 6.45) is 7.67. The summed E-state index contributed by atoms with van der Waals surface area (Å²) in [6, 6.07) is 9.02. The number of benzene rings is 1. The number of amides is 1.